The maximum absolute atomic E-state index is 12.1. The number of nitrogens with one attached hydrogen (secondary N) is 1. The normalized spacial score (nSPS) is 15.6. The molecule has 0 aromatic rings. The minimum Gasteiger partial charge on any atom is -0.480 e. The quantitative estimate of drug-likeness (QED) is 0.671. The Balaban J connectivity index is 2.66. The molecule has 0 spiro atoms. The molecule has 0 radical (unpaired) electrons. The molecule has 7 nitrogen and oxygen atoms in total. The lowest BCUT2D eigenvalue weighted by Gasteiger charge is -2.26. The third-order valence-electron chi connectivity index (χ3n) is 3.19. The Morgan fingerprint density at radius 2 is 1.95 bits per heavy atom. The summed E-state index contributed by atoms with van der Waals surface area (Å²) in [5.74, 6) is -1.37. The number of carbonyl (C=O) groups is 3. The summed E-state index contributed by atoms with van der Waals surface area (Å²) in [4.78, 5) is 35.8. The Bertz CT molecular complexity index is 379. The predicted octanol–water partition coefficient (Wildman–Crippen LogP) is 0.690. The SMILES string of the molecule is COC(=O)C(NC(=O)N(CC(=O)O)CC1CC1)C(C)C. The molecule has 2 N–H and O–H groups in total. The summed E-state index contributed by atoms with van der Waals surface area (Å²) in [5.41, 5.74) is 0. The predicted molar refractivity (Wildman–Crippen MR) is 71.1 cm³/mol. The van der Waals surface area contributed by atoms with E-state index < -0.39 is 24.0 Å². The van der Waals surface area contributed by atoms with Crippen LogP contribution in [0.4, 0.5) is 4.79 Å². The molecular formula is C13H22N2O5. The first-order valence-electron chi connectivity index (χ1n) is 6.70. The van der Waals surface area contributed by atoms with Crippen LogP contribution in [0.1, 0.15) is 26.7 Å². The third kappa shape index (κ3) is 5.07. The molecule has 20 heavy (non-hydrogen) atoms. The Morgan fingerprint density at radius 3 is 2.35 bits per heavy atom. The lowest BCUT2D eigenvalue weighted by molar-refractivity contribution is -0.144. The summed E-state index contributed by atoms with van der Waals surface area (Å²) in [6.45, 7) is 3.60. The van der Waals surface area contributed by atoms with Gasteiger partial charge in [-0.05, 0) is 24.7 Å². The van der Waals surface area contributed by atoms with Crippen molar-refractivity contribution in [3.05, 3.63) is 0 Å². The van der Waals surface area contributed by atoms with Crippen LogP contribution in [0.5, 0.6) is 0 Å². The monoisotopic (exact) mass is 286 g/mol. The van der Waals surface area contributed by atoms with Gasteiger partial charge in [0.2, 0.25) is 0 Å². The van der Waals surface area contributed by atoms with Crippen molar-refractivity contribution in [3.63, 3.8) is 0 Å². The fourth-order valence-electron chi connectivity index (χ4n) is 1.84. The van der Waals surface area contributed by atoms with Gasteiger partial charge in [0, 0.05) is 6.54 Å². The number of urea groups is 1. The molecule has 1 aliphatic carbocycles. The average Bonchev–Trinajstić information content (AvgIpc) is 3.16. The van der Waals surface area contributed by atoms with Crippen molar-refractivity contribution in [1.29, 1.82) is 0 Å². The molecule has 1 aliphatic rings. The highest BCUT2D eigenvalue weighted by Crippen LogP contribution is 2.29. The van der Waals surface area contributed by atoms with E-state index in [0.717, 1.165) is 12.8 Å². The first-order chi connectivity index (χ1) is 9.35. The zero-order valence-corrected chi connectivity index (χ0v) is 12.1. The second-order valence-electron chi connectivity index (χ2n) is 5.41. The van der Waals surface area contributed by atoms with Gasteiger partial charge in [-0.15, -0.1) is 0 Å². The standard InChI is InChI=1S/C13H22N2O5/c1-8(2)11(12(18)20-3)14-13(19)15(7-10(16)17)6-9-4-5-9/h8-9,11H,4-7H2,1-3H3,(H,14,19)(H,16,17). The van der Waals surface area contributed by atoms with E-state index in [1.165, 1.54) is 12.0 Å². The number of ether oxygens (including phenoxy) is 1. The van der Waals surface area contributed by atoms with Gasteiger partial charge in [0.05, 0.1) is 7.11 Å². The summed E-state index contributed by atoms with van der Waals surface area (Å²) in [7, 11) is 1.25. The first kappa shape index (κ1) is 16.3. The number of carbonyl (C=O) groups excluding carboxylic acids is 2. The minimum absolute atomic E-state index is 0.140. The number of hydrogen-bond acceptors (Lipinski definition) is 4. The van der Waals surface area contributed by atoms with E-state index in [0.29, 0.717) is 12.5 Å². The number of rotatable bonds is 7. The number of amides is 2. The van der Waals surface area contributed by atoms with Crippen LogP contribution in [0.15, 0.2) is 0 Å². The number of methoxy groups -OCH3 is 1. The van der Waals surface area contributed by atoms with Gasteiger partial charge >= 0.3 is 18.0 Å². The van der Waals surface area contributed by atoms with Gasteiger partial charge in [-0.3, -0.25) is 4.79 Å². The van der Waals surface area contributed by atoms with Crippen LogP contribution in [0.25, 0.3) is 0 Å². The molecule has 1 rings (SSSR count). The lowest BCUT2D eigenvalue weighted by atomic mass is 10.1. The minimum atomic E-state index is -1.07. The Labute approximate surface area is 118 Å². The van der Waals surface area contributed by atoms with Crippen molar-refractivity contribution >= 4 is 18.0 Å². The maximum Gasteiger partial charge on any atom is 0.328 e. The van der Waals surface area contributed by atoms with Gasteiger partial charge in [0.15, 0.2) is 0 Å². The molecule has 1 atom stereocenters. The summed E-state index contributed by atoms with van der Waals surface area (Å²) >= 11 is 0. The molecule has 2 amide bonds. The van der Waals surface area contributed by atoms with Gasteiger partial charge in [-0.1, -0.05) is 13.8 Å². The van der Waals surface area contributed by atoms with E-state index in [-0.39, 0.29) is 12.5 Å². The van der Waals surface area contributed by atoms with E-state index in [4.69, 9.17) is 5.11 Å². The molecule has 7 heteroatoms. The number of aliphatic carboxylic acids is 1. The van der Waals surface area contributed by atoms with Gasteiger partial charge in [0.1, 0.15) is 12.6 Å². The maximum atomic E-state index is 12.1. The van der Waals surface area contributed by atoms with E-state index in [1.807, 2.05) is 0 Å². The molecule has 0 saturated heterocycles. The van der Waals surface area contributed by atoms with Crippen LogP contribution in [0.2, 0.25) is 0 Å². The van der Waals surface area contributed by atoms with Crippen molar-refractivity contribution in [3.8, 4) is 0 Å². The third-order valence-corrected chi connectivity index (χ3v) is 3.19. The largest absolute Gasteiger partial charge is 0.480 e. The smallest absolute Gasteiger partial charge is 0.328 e. The van der Waals surface area contributed by atoms with Crippen molar-refractivity contribution in [2.75, 3.05) is 20.2 Å². The fourth-order valence-corrected chi connectivity index (χ4v) is 1.84. The van der Waals surface area contributed by atoms with Crippen LogP contribution >= 0.6 is 0 Å². The fraction of sp³-hybridized carbons (Fsp3) is 0.769. The summed E-state index contributed by atoms with van der Waals surface area (Å²) in [5, 5.41) is 11.4. The number of carboxylic acids is 1. The summed E-state index contributed by atoms with van der Waals surface area (Å²) in [6.07, 6.45) is 2.02. The molecule has 1 unspecified atom stereocenters. The number of nitrogens with zero attached hydrogens (tertiary/aromatic N) is 1. The van der Waals surface area contributed by atoms with Gasteiger partial charge < -0.3 is 20.1 Å². The Hall–Kier alpha value is -1.79. The molecule has 1 fully saturated rings. The van der Waals surface area contributed by atoms with Crippen molar-refractivity contribution in [2.24, 2.45) is 11.8 Å². The molecule has 0 aromatic carbocycles. The van der Waals surface area contributed by atoms with Gasteiger partial charge in [-0.25, -0.2) is 9.59 Å². The van der Waals surface area contributed by atoms with Crippen LogP contribution < -0.4 is 5.32 Å². The van der Waals surface area contributed by atoms with E-state index in [2.05, 4.69) is 10.1 Å². The topological polar surface area (TPSA) is 95.9 Å². The van der Waals surface area contributed by atoms with Crippen LogP contribution in [-0.4, -0.2) is 54.2 Å². The number of esters is 1. The first-order valence-corrected chi connectivity index (χ1v) is 6.70. The van der Waals surface area contributed by atoms with Crippen molar-refractivity contribution in [1.82, 2.24) is 10.2 Å². The highest BCUT2D eigenvalue weighted by Gasteiger charge is 2.31. The highest BCUT2D eigenvalue weighted by atomic mass is 16.5. The van der Waals surface area contributed by atoms with Gasteiger partial charge in [-0.2, -0.15) is 0 Å². The van der Waals surface area contributed by atoms with E-state index >= 15 is 0 Å². The van der Waals surface area contributed by atoms with E-state index in [9.17, 15) is 14.4 Å². The highest BCUT2D eigenvalue weighted by molar-refractivity contribution is 5.85. The number of carboxylic acid groups (broad SMARTS) is 1. The second-order valence-corrected chi connectivity index (χ2v) is 5.41. The molecule has 114 valence electrons. The second kappa shape index (κ2) is 7.12. The summed E-state index contributed by atoms with van der Waals surface area (Å²) in [6, 6.07) is -1.31. The number of hydrogen-bond donors (Lipinski definition) is 2. The lowest BCUT2D eigenvalue weighted by Crippen LogP contribution is -2.52. The van der Waals surface area contributed by atoms with Crippen molar-refractivity contribution in [2.45, 2.75) is 32.7 Å². The zero-order chi connectivity index (χ0) is 15.3. The molecule has 0 aliphatic heterocycles. The molecule has 0 bridgehead atoms. The van der Waals surface area contributed by atoms with Crippen molar-refractivity contribution < 1.29 is 24.2 Å². The van der Waals surface area contributed by atoms with Crippen LogP contribution in [0, 0.1) is 11.8 Å². The summed E-state index contributed by atoms with van der Waals surface area (Å²) < 4.78 is 4.64. The molecular weight excluding hydrogens is 264 g/mol. The molecule has 0 heterocycles. The average molecular weight is 286 g/mol. The molecule has 0 aromatic heterocycles. The Kier molecular flexibility index (Phi) is 5.79. The van der Waals surface area contributed by atoms with Crippen LogP contribution in [-0.2, 0) is 14.3 Å². The van der Waals surface area contributed by atoms with E-state index in [1.54, 1.807) is 13.8 Å². The van der Waals surface area contributed by atoms with Crippen LogP contribution in [0.3, 0.4) is 0 Å². The zero-order valence-electron chi connectivity index (χ0n) is 12.1. The molecule has 1 saturated carbocycles. The van der Waals surface area contributed by atoms with Gasteiger partial charge in [0.25, 0.3) is 0 Å². The Morgan fingerprint density at radius 1 is 1.35 bits per heavy atom.